The number of carbonyl (C=O) groups excluding carboxylic acids is 2. The number of hydrogen-bond donors (Lipinski definition) is 0. The highest BCUT2D eigenvalue weighted by Crippen LogP contribution is 2.19. The Morgan fingerprint density at radius 1 is 0.633 bits per heavy atom. The largest absolute Gasteiger partial charge is 0.494 e. The van der Waals surface area contributed by atoms with Gasteiger partial charge in [-0.25, -0.2) is 0 Å². The molecule has 0 amide bonds. The predicted octanol–water partition coefficient (Wildman–Crippen LogP) is 6.67. The molecule has 0 aromatic heterocycles. The molecule has 0 aliphatic heterocycles. The van der Waals surface area contributed by atoms with Crippen LogP contribution in [0.15, 0.2) is 48.5 Å². The molecule has 0 saturated carbocycles. The minimum Gasteiger partial charge on any atom is -0.494 e. The Labute approximate surface area is 180 Å². The second kappa shape index (κ2) is 13.6. The van der Waals surface area contributed by atoms with Crippen molar-refractivity contribution in [3.8, 4) is 11.5 Å². The van der Waals surface area contributed by atoms with Crippen molar-refractivity contribution in [3.05, 3.63) is 59.7 Å². The molecule has 2 aromatic carbocycles. The van der Waals surface area contributed by atoms with Crippen LogP contribution in [0.5, 0.6) is 11.5 Å². The predicted molar refractivity (Wildman–Crippen MR) is 121 cm³/mol. The molecule has 0 fully saturated rings. The molecule has 0 radical (unpaired) electrons. The summed E-state index contributed by atoms with van der Waals surface area (Å²) in [7, 11) is 0. The monoisotopic (exact) mass is 410 g/mol. The summed E-state index contributed by atoms with van der Waals surface area (Å²) in [6.45, 7) is 5.57. The third-order valence-corrected chi connectivity index (χ3v) is 4.93. The van der Waals surface area contributed by atoms with Gasteiger partial charge in [0.25, 0.3) is 0 Å². The van der Waals surface area contributed by atoms with E-state index >= 15 is 0 Å². The summed E-state index contributed by atoms with van der Waals surface area (Å²) >= 11 is 0. The fraction of sp³-hybridized carbons (Fsp3) is 0.462. The van der Waals surface area contributed by atoms with Gasteiger partial charge in [0, 0.05) is 11.1 Å². The van der Waals surface area contributed by atoms with Crippen LogP contribution in [0.3, 0.4) is 0 Å². The Hall–Kier alpha value is -2.62. The zero-order chi connectivity index (χ0) is 21.6. The van der Waals surface area contributed by atoms with E-state index in [4.69, 9.17) is 9.47 Å². The second-order valence-corrected chi connectivity index (χ2v) is 7.53. The molecule has 0 aliphatic rings. The first-order valence-electron chi connectivity index (χ1n) is 11.2. The van der Waals surface area contributed by atoms with Crippen LogP contribution in [0, 0.1) is 0 Å². The molecule has 0 heterocycles. The maximum absolute atomic E-state index is 12.7. The lowest BCUT2D eigenvalue weighted by atomic mass is 10.0. The van der Waals surface area contributed by atoms with Crippen LogP contribution in [0.2, 0.25) is 0 Å². The fourth-order valence-corrected chi connectivity index (χ4v) is 3.15. The van der Waals surface area contributed by atoms with Gasteiger partial charge in [-0.05, 0) is 37.1 Å². The van der Waals surface area contributed by atoms with E-state index < -0.39 is 11.6 Å². The van der Waals surface area contributed by atoms with Crippen molar-refractivity contribution in [2.24, 2.45) is 0 Å². The van der Waals surface area contributed by atoms with E-state index in [0.717, 1.165) is 25.7 Å². The van der Waals surface area contributed by atoms with E-state index in [9.17, 15) is 9.59 Å². The van der Waals surface area contributed by atoms with Crippen molar-refractivity contribution in [2.75, 3.05) is 13.2 Å². The van der Waals surface area contributed by atoms with Gasteiger partial charge in [0.05, 0.1) is 13.2 Å². The lowest BCUT2D eigenvalue weighted by Crippen LogP contribution is -2.14. The Morgan fingerprint density at radius 2 is 1.07 bits per heavy atom. The van der Waals surface area contributed by atoms with Crippen LogP contribution in [-0.2, 0) is 0 Å². The Balaban J connectivity index is 1.94. The van der Waals surface area contributed by atoms with E-state index in [1.54, 1.807) is 36.4 Å². The number of hydrogen-bond acceptors (Lipinski definition) is 4. The van der Waals surface area contributed by atoms with Gasteiger partial charge in [0.2, 0.25) is 11.6 Å². The highest BCUT2D eigenvalue weighted by atomic mass is 16.5. The average Bonchev–Trinajstić information content (AvgIpc) is 2.78. The van der Waals surface area contributed by atoms with Crippen LogP contribution in [-0.4, -0.2) is 24.8 Å². The number of ketones is 2. The first kappa shape index (κ1) is 23.7. The summed E-state index contributed by atoms with van der Waals surface area (Å²) < 4.78 is 11.5. The van der Waals surface area contributed by atoms with Gasteiger partial charge < -0.3 is 9.47 Å². The van der Waals surface area contributed by atoms with Crippen LogP contribution in [0.1, 0.15) is 85.9 Å². The third-order valence-electron chi connectivity index (χ3n) is 4.93. The van der Waals surface area contributed by atoms with Crippen molar-refractivity contribution >= 4 is 11.6 Å². The van der Waals surface area contributed by atoms with E-state index in [1.807, 2.05) is 12.1 Å². The zero-order valence-electron chi connectivity index (χ0n) is 18.3. The third kappa shape index (κ3) is 8.02. The summed E-state index contributed by atoms with van der Waals surface area (Å²) in [4.78, 5) is 25.4. The smallest absolute Gasteiger partial charge is 0.233 e. The molecule has 2 aromatic rings. The molecule has 30 heavy (non-hydrogen) atoms. The van der Waals surface area contributed by atoms with Gasteiger partial charge in [-0.2, -0.15) is 0 Å². The zero-order valence-corrected chi connectivity index (χ0v) is 18.3. The summed E-state index contributed by atoms with van der Waals surface area (Å²) in [6.07, 6.45) is 8.96. The van der Waals surface area contributed by atoms with Crippen molar-refractivity contribution in [1.29, 1.82) is 0 Å². The van der Waals surface area contributed by atoms with Crippen molar-refractivity contribution in [3.63, 3.8) is 0 Å². The van der Waals surface area contributed by atoms with Gasteiger partial charge in [-0.3, -0.25) is 9.59 Å². The average molecular weight is 411 g/mol. The molecule has 0 aliphatic carbocycles. The Kier molecular flexibility index (Phi) is 10.7. The number of ether oxygens (including phenoxy) is 2. The number of rotatable bonds is 15. The fourth-order valence-electron chi connectivity index (χ4n) is 3.15. The standard InChI is InChI=1S/C26H34O4/c1-3-5-7-9-17-29-23-15-11-13-21(19-23)25(27)26(28)22-14-12-16-24(20-22)30-18-10-8-6-4-2/h11-16,19-20H,3-10,17-18H2,1-2H3. The Bertz CT molecular complexity index is 730. The molecule has 0 N–H and O–H groups in total. The van der Waals surface area contributed by atoms with Gasteiger partial charge in [0.15, 0.2) is 0 Å². The summed E-state index contributed by atoms with van der Waals surface area (Å²) in [5, 5.41) is 0. The molecule has 0 spiro atoms. The summed E-state index contributed by atoms with van der Waals surface area (Å²) in [5.74, 6) is 0.168. The van der Waals surface area contributed by atoms with Crippen LogP contribution >= 0.6 is 0 Å². The summed E-state index contributed by atoms with van der Waals surface area (Å²) in [6, 6.07) is 13.7. The highest BCUT2D eigenvalue weighted by Gasteiger charge is 2.19. The molecule has 0 unspecified atom stereocenters. The molecular weight excluding hydrogens is 376 g/mol. The minimum absolute atomic E-state index is 0.344. The molecule has 0 saturated heterocycles. The quantitative estimate of drug-likeness (QED) is 0.187. The van der Waals surface area contributed by atoms with Crippen molar-refractivity contribution in [1.82, 2.24) is 0 Å². The number of benzene rings is 2. The molecule has 2 rings (SSSR count). The number of carbonyl (C=O) groups is 2. The molecule has 162 valence electrons. The van der Waals surface area contributed by atoms with Gasteiger partial charge in [-0.15, -0.1) is 0 Å². The van der Waals surface area contributed by atoms with Gasteiger partial charge in [0.1, 0.15) is 11.5 Å². The topological polar surface area (TPSA) is 52.6 Å². The first-order valence-corrected chi connectivity index (χ1v) is 11.2. The van der Waals surface area contributed by atoms with Crippen LogP contribution in [0.4, 0.5) is 0 Å². The molecule has 0 bridgehead atoms. The molecule has 4 heteroatoms. The van der Waals surface area contributed by atoms with E-state index in [1.165, 1.54) is 25.7 Å². The SMILES string of the molecule is CCCCCCOc1cccc(C(=O)C(=O)c2cccc(OCCCCCC)c2)c1. The lowest BCUT2D eigenvalue weighted by molar-refractivity contribution is 0.0816. The van der Waals surface area contributed by atoms with Gasteiger partial charge >= 0.3 is 0 Å². The maximum Gasteiger partial charge on any atom is 0.233 e. The first-order chi connectivity index (χ1) is 14.7. The van der Waals surface area contributed by atoms with E-state index in [-0.39, 0.29) is 0 Å². The number of unbranched alkanes of at least 4 members (excludes halogenated alkanes) is 6. The van der Waals surface area contributed by atoms with E-state index in [0.29, 0.717) is 35.8 Å². The van der Waals surface area contributed by atoms with Gasteiger partial charge in [-0.1, -0.05) is 76.6 Å². The van der Waals surface area contributed by atoms with Crippen molar-refractivity contribution in [2.45, 2.75) is 65.2 Å². The summed E-state index contributed by atoms with van der Waals surface area (Å²) in [5.41, 5.74) is 0.689. The number of Topliss-reactive ketones (excluding diaryl/α,β-unsaturated/α-hetero) is 2. The normalized spacial score (nSPS) is 10.6. The highest BCUT2D eigenvalue weighted by molar-refractivity contribution is 6.49. The Morgan fingerprint density at radius 3 is 1.47 bits per heavy atom. The molecule has 0 atom stereocenters. The lowest BCUT2D eigenvalue weighted by Gasteiger charge is -2.09. The molecular formula is C26H34O4. The van der Waals surface area contributed by atoms with E-state index in [2.05, 4.69) is 13.8 Å². The maximum atomic E-state index is 12.7. The van der Waals surface area contributed by atoms with Crippen molar-refractivity contribution < 1.29 is 19.1 Å². The minimum atomic E-state index is -0.536. The second-order valence-electron chi connectivity index (χ2n) is 7.53. The van der Waals surface area contributed by atoms with Crippen LogP contribution in [0.25, 0.3) is 0 Å². The molecule has 4 nitrogen and oxygen atoms in total. The van der Waals surface area contributed by atoms with Crippen LogP contribution < -0.4 is 9.47 Å².